The number of nitrogens with one attached hydrogen (secondary N) is 1. The van der Waals surface area contributed by atoms with Crippen LogP contribution in [0.5, 0.6) is 0 Å². The molecule has 0 saturated heterocycles. The molecule has 1 aromatic heterocycles. The van der Waals surface area contributed by atoms with Crippen LogP contribution >= 0.6 is 0 Å². The Morgan fingerprint density at radius 2 is 2.07 bits per heavy atom. The molecule has 0 spiro atoms. The zero-order valence-corrected chi connectivity index (χ0v) is 8.74. The van der Waals surface area contributed by atoms with Gasteiger partial charge in [0.1, 0.15) is 0 Å². The van der Waals surface area contributed by atoms with Crippen molar-refractivity contribution in [1.29, 1.82) is 0 Å². The van der Waals surface area contributed by atoms with Crippen molar-refractivity contribution in [3.8, 4) is 11.1 Å². The predicted octanol–water partition coefficient (Wildman–Crippen LogP) is 2.05. The first-order valence-corrected chi connectivity index (χ1v) is 4.79. The normalized spacial score (nSPS) is 10.3. The Balaban J connectivity index is 2.54. The number of benzene rings is 1. The van der Waals surface area contributed by atoms with E-state index in [2.05, 4.69) is 23.0 Å². The van der Waals surface area contributed by atoms with Crippen molar-refractivity contribution in [3.05, 3.63) is 52.2 Å². The van der Waals surface area contributed by atoms with E-state index in [0.29, 0.717) is 0 Å². The van der Waals surface area contributed by atoms with Crippen molar-refractivity contribution in [2.75, 3.05) is 0 Å². The van der Waals surface area contributed by atoms with Gasteiger partial charge < -0.3 is 4.98 Å². The molecule has 76 valence electrons. The van der Waals surface area contributed by atoms with E-state index in [1.807, 2.05) is 19.1 Å². The fourth-order valence-electron chi connectivity index (χ4n) is 1.63. The molecule has 0 aliphatic rings. The molecule has 0 amide bonds. The van der Waals surface area contributed by atoms with Crippen molar-refractivity contribution in [2.24, 2.45) is 0 Å². The van der Waals surface area contributed by atoms with Crippen LogP contribution in [0.15, 0.2) is 35.4 Å². The number of rotatable bonds is 1. The smallest absolute Gasteiger partial charge is 0.312 e. The van der Waals surface area contributed by atoms with Gasteiger partial charge >= 0.3 is 5.69 Å². The van der Waals surface area contributed by atoms with E-state index in [-0.39, 0.29) is 5.69 Å². The maximum Gasteiger partial charge on any atom is 0.344 e. The third-order valence-corrected chi connectivity index (χ3v) is 2.36. The van der Waals surface area contributed by atoms with Crippen molar-refractivity contribution >= 4 is 0 Å². The predicted molar refractivity (Wildman–Crippen MR) is 59.8 cm³/mol. The van der Waals surface area contributed by atoms with Gasteiger partial charge in [0.15, 0.2) is 0 Å². The second-order valence-electron chi connectivity index (χ2n) is 3.63. The van der Waals surface area contributed by atoms with Crippen LogP contribution in [0.2, 0.25) is 0 Å². The minimum Gasteiger partial charge on any atom is -0.312 e. The zero-order valence-electron chi connectivity index (χ0n) is 8.74. The molecule has 3 nitrogen and oxygen atoms in total. The molecule has 0 bridgehead atoms. The van der Waals surface area contributed by atoms with Gasteiger partial charge in [0.25, 0.3) is 0 Å². The number of hydrogen-bond acceptors (Lipinski definition) is 2. The van der Waals surface area contributed by atoms with Crippen LogP contribution in [0.1, 0.15) is 11.1 Å². The zero-order chi connectivity index (χ0) is 10.8. The van der Waals surface area contributed by atoms with Gasteiger partial charge in [0, 0.05) is 18.0 Å². The maximum absolute atomic E-state index is 10.8. The molecule has 1 heterocycles. The van der Waals surface area contributed by atoms with Crippen LogP contribution in [0.25, 0.3) is 11.1 Å². The molecule has 2 rings (SSSR count). The van der Waals surface area contributed by atoms with Crippen molar-refractivity contribution < 1.29 is 0 Å². The molecule has 1 aromatic carbocycles. The van der Waals surface area contributed by atoms with Gasteiger partial charge in [-0.2, -0.15) is 0 Å². The largest absolute Gasteiger partial charge is 0.344 e. The summed E-state index contributed by atoms with van der Waals surface area (Å²) in [6, 6.07) is 6.20. The summed E-state index contributed by atoms with van der Waals surface area (Å²) >= 11 is 0. The van der Waals surface area contributed by atoms with E-state index >= 15 is 0 Å². The molecule has 0 fully saturated rings. The number of hydrogen-bond donors (Lipinski definition) is 1. The summed E-state index contributed by atoms with van der Waals surface area (Å²) in [6.07, 6.45) is 3.28. The molecule has 1 N–H and O–H groups in total. The first kappa shape index (κ1) is 9.65. The van der Waals surface area contributed by atoms with Crippen LogP contribution in [-0.4, -0.2) is 9.97 Å². The highest BCUT2D eigenvalue weighted by Gasteiger charge is 2.01. The average Bonchev–Trinajstić information content (AvgIpc) is 2.20. The molecular weight excluding hydrogens is 188 g/mol. The number of aromatic nitrogens is 2. The molecule has 2 aromatic rings. The standard InChI is InChI=1S/C12H12N2O/c1-8-3-4-11(9(2)5-8)10-6-13-12(15)14-7-10/h3-7H,1-2H3,(H,13,14,15). The molecule has 0 aliphatic heterocycles. The monoisotopic (exact) mass is 200 g/mol. The Kier molecular flexibility index (Phi) is 2.37. The summed E-state index contributed by atoms with van der Waals surface area (Å²) in [5, 5.41) is 0. The van der Waals surface area contributed by atoms with Gasteiger partial charge in [-0.15, -0.1) is 0 Å². The maximum atomic E-state index is 10.8. The fourth-order valence-corrected chi connectivity index (χ4v) is 1.63. The third kappa shape index (κ3) is 1.96. The number of aryl methyl sites for hydroxylation is 2. The number of aromatic amines is 1. The summed E-state index contributed by atoms with van der Waals surface area (Å²) in [7, 11) is 0. The topological polar surface area (TPSA) is 45.8 Å². The minimum atomic E-state index is -0.316. The van der Waals surface area contributed by atoms with Crippen molar-refractivity contribution in [1.82, 2.24) is 9.97 Å². The number of H-pyrrole nitrogens is 1. The lowest BCUT2D eigenvalue weighted by Crippen LogP contribution is -2.08. The summed E-state index contributed by atoms with van der Waals surface area (Å²) < 4.78 is 0. The van der Waals surface area contributed by atoms with Gasteiger partial charge in [-0.25, -0.2) is 9.78 Å². The summed E-state index contributed by atoms with van der Waals surface area (Å²) in [5.41, 5.74) is 4.14. The summed E-state index contributed by atoms with van der Waals surface area (Å²) in [4.78, 5) is 17.1. The van der Waals surface area contributed by atoms with Crippen LogP contribution in [0.3, 0.4) is 0 Å². The molecule has 15 heavy (non-hydrogen) atoms. The first-order valence-electron chi connectivity index (χ1n) is 4.79. The molecular formula is C12H12N2O. The van der Waals surface area contributed by atoms with Crippen LogP contribution in [0.4, 0.5) is 0 Å². The first-order chi connectivity index (χ1) is 7.16. The van der Waals surface area contributed by atoms with E-state index in [1.165, 1.54) is 11.1 Å². The Hall–Kier alpha value is -1.90. The molecule has 0 unspecified atom stereocenters. The van der Waals surface area contributed by atoms with Gasteiger partial charge in [-0.1, -0.05) is 23.8 Å². The third-order valence-electron chi connectivity index (χ3n) is 2.36. The van der Waals surface area contributed by atoms with Crippen LogP contribution in [-0.2, 0) is 0 Å². The Bertz CT molecular complexity index is 523. The van der Waals surface area contributed by atoms with Gasteiger partial charge in [-0.3, -0.25) is 0 Å². The van der Waals surface area contributed by atoms with E-state index in [4.69, 9.17) is 0 Å². The second-order valence-corrected chi connectivity index (χ2v) is 3.63. The Labute approximate surface area is 87.8 Å². The lowest BCUT2D eigenvalue weighted by atomic mass is 10.0. The van der Waals surface area contributed by atoms with Crippen molar-refractivity contribution in [2.45, 2.75) is 13.8 Å². The van der Waals surface area contributed by atoms with Gasteiger partial charge in [-0.05, 0) is 25.0 Å². The lowest BCUT2D eigenvalue weighted by molar-refractivity contribution is 1.08. The molecule has 0 aliphatic carbocycles. The quantitative estimate of drug-likeness (QED) is 0.765. The van der Waals surface area contributed by atoms with Crippen LogP contribution < -0.4 is 5.69 Å². The van der Waals surface area contributed by atoms with Crippen molar-refractivity contribution in [3.63, 3.8) is 0 Å². The molecule has 0 saturated carbocycles. The van der Waals surface area contributed by atoms with Crippen LogP contribution in [0, 0.1) is 13.8 Å². The Morgan fingerprint density at radius 1 is 1.27 bits per heavy atom. The summed E-state index contributed by atoms with van der Waals surface area (Å²) in [6.45, 7) is 4.11. The lowest BCUT2D eigenvalue weighted by Gasteiger charge is -2.05. The minimum absolute atomic E-state index is 0.316. The average molecular weight is 200 g/mol. The highest BCUT2D eigenvalue weighted by molar-refractivity contribution is 5.65. The molecule has 0 radical (unpaired) electrons. The van der Waals surface area contributed by atoms with Gasteiger partial charge in [0.05, 0.1) is 0 Å². The van der Waals surface area contributed by atoms with E-state index in [0.717, 1.165) is 11.1 Å². The molecule has 0 atom stereocenters. The fraction of sp³-hybridized carbons (Fsp3) is 0.167. The Morgan fingerprint density at radius 3 is 2.67 bits per heavy atom. The number of nitrogens with zero attached hydrogens (tertiary/aromatic N) is 1. The summed E-state index contributed by atoms with van der Waals surface area (Å²) in [5.74, 6) is 0. The van der Waals surface area contributed by atoms with Gasteiger partial charge in [0.2, 0.25) is 0 Å². The highest BCUT2D eigenvalue weighted by atomic mass is 16.1. The highest BCUT2D eigenvalue weighted by Crippen LogP contribution is 2.21. The van der Waals surface area contributed by atoms with E-state index in [9.17, 15) is 4.79 Å². The second kappa shape index (κ2) is 3.69. The van der Waals surface area contributed by atoms with E-state index < -0.39 is 0 Å². The SMILES string of the molecule is Cc1ccc(-c2cnc(=O)[nH]c2)c(C)c1. The van der Waals surface area contributed by atoms with E-state index in [1.54, 1.807) is 12.4 Å². The molecule has 3 heteroatoms.